The summed E-state index contributed by atoms with van der Waals surface area (Å²) in [6, 6.07) is 15.0. The molecule has 1 unspecified atom stereocenters. The molecular formula is C20H21N3O4. The van der Waals surface area contributed by atoms with Crippen molar-refractivity contribution in [3.8, 4) is 0 Å². The second-order valence-electron chi connectivity index (χ2n) is 6.42. The van der Waals surface area contributed by atoms with Crippen LogP contribution >= 0.6 is 0 Å². The van der Waals surface area contributed by atoms with Gasteiger partial charge in [-0.1, -0.05) is 42.5 Å². The van der Waals surface area contributed by atoms with E-state index in [2.05, 4.69) is 10.6 Å². The number of nitrogens with one attached hydrogen (secondary N) is 2. The molecule has 0 radical (unpaired) electrons. The van der Waals surface area contributed by atoms with Crippen LogP contribution in [0.2, 0.25) is 0 Å². The second kappa shape index (κ2) is 8.35. The van der Waals surface area contributed by atoms with Crippen molar-refractivity contribution in [2.75, 3.05) is 6.54 Å². The molecule has 3 N–H and O–H groups in total. The number of urea groups is 1. The molecule has 7 heteroatoms. The predicted molar refractivity (Wildman–Crippen MR) is 99.0 cm³/mol. The molecule has 1 heterocycles. The molecular weight excluding hydrogens is 346 g/mol. The topological polar surface area (TPSA) is 98.7 Å². The highest BCUT2D eigenvalue weighted by molar-refractivity contribution is 5.89. The van der Waals surface area contributed by atoms with E-state index < -0.39 is 18.0 Å². The number of carbonyl (C=O) groups is 3. The van der Waals surface area contributed by atoms with Crippen molar-refractivity contribution in [2.45, 2.75) is 25.6 Å². The molecule has 2 aromatic carbocycles. The fourth-order valence-corrected chi connectivity index (χ4v) is 2.99. The van der Waals surface area contributed by atoms with E-state index in [-0.39, 0.29) is 18.0 Å². The number of likely N-dealkylation sites (tertiary alicyclic amines) is 1. The maximum Gasteiger partial charge on any atom is 0.335 e. The summed E-state index contributed by atoms with van der Waals surface area (Å²) < 4.78 is 0. The molecule has 0 spiro atoms. The van der Waals surface area contributed by atoms with Crippen LogP contribution in [0, 0.1) is 0 Å². The van der Waals surface area contributed by atoms with Gasteiger partial charge in [-0.2, -0.15) is 0 Å². The van der Waals surface area contributed by atoms with Crippen LogP contribution in [0.5, 0.6) is 0 Å². The highest BCUT2D eigenvalue weighted by Crippen LogP contribution is 2.15. The van der Waals surface area contributed by atoms with Crippen LogP contribution in [0.15, 0.2) is 54.6 Å². The quantitative estimate of drug-likeness (QED) is 0.727. The number of benzene rings is 2. The minimum Gasteiger partial charge on any atom is -0.478 e. The molecule has 2 aromatic rings. The fraction of sp³-hybridized carbons (Fsp3) is 0.250. The highest BCUT2D eigenvalue weighted by Gasteiger charge is 2.32. The van der Waals surface area contributed by atoms with Gasteiger partial charge in [0.2, 0.25) is 5.91 Å². The summed E-state index contributed by atoms with van der Waals surface area (Å²) in [5, 5.41) is 14.3. The number of hydrogen-bond donors (Lipinski definition) is 3. The van der Waals surface area contributed by atoms with Crippen LogP contribution in [0.25, 0.3) is 0 Å². The van der Waals surface area contributed by atoms with Crippen molar-refractivity contribution in [1.82, 2.24) is 15.5 Å². The number of rotatable bonds is 6. The first-order chi connectivity index (χ1) is 13.0. The van der Waals surface area contributed by atoms with E-state index in [0.717, 1.165) is 11.1 Å². The van der Waals surface area contributed by atoms with Crippen molar-refractivity contribution in [3.63, 3.8) is 0 Å². The molecule has 27 heavy (non-hydrogen) atoms. The van der Waals surface area contributed by atoms with Gasteiger partial charge in [0.05, 0.1) is 5.56 Å². The van der Waals surface area contributed by atoms with Crippen LogP contribution in [-0.2, 0) is 17.9 Å². The number of carboxylic acid groups (broad SMARTS) is 1. The van der Waals surface area contributed by atoms with Gasteiger partial charge in [-0.25, -0.2) is 9.59 Å². The molecule has 140 valence electrons. The molecule has 0 aromatic heterocycles. The average Bonchev–Trinajstić information content (AvgIpc) is 3.01. The van der Waals surface area contributed by atoms with Gasteiger partial charge in [0.25, 0.3) is 0 Å². The number of carbonyl (C=O) groups excluding carboxylic acids is 2. The zero-order valence-electron chi connectivity index (χ0n) is 14.7. The molecule has 1 saturated heterocycles. The number of aromatic carboxylic acids is 1. The number of nitrogens with zero attached hydrogens (tertiary/aromatic N) is 1. The van der Waals surface area contributed by atoms with Gasteiger partial charge >= 0.3 is 12.0 Å². The van der Waals surface area contributed by atoms with Crippen molar-refractivity contribution in [3.05, 3.63) is 71.3 Å². The van der Waals surface area contributed by atoms with Crippen molar-refractivity contribution in [1.29, 1.82) is 0 Å². The highest BCUT2D eigenvalue weighted by atomic mass is 16.4. The van der Waals surface area contributed by atoms with Gasteiger partial charge in [0.1, 0.15) is 6.04 Å². The third kappa shape index (κ3) is 4.84. The summed E-state index contributed by atoms with van der Waals surface area (Å²) in [7, 11) is 0. The Morgan fingerprint density at radius 2 is 1.74 bits per heavy atom. The molecule has 1 aliphatic heterocycles. The van der Waals surface area contributed by atoms with E-state index in [0.29, 0.717) is 19.5 Å². The van der Waals surface area contributed by atoms with Gasteiger partial charge in [0.15, 0.2) is 0 Å². The summed E-state index contributed by atoms with van der Waals surface area (Å²) in [5.74, 6) is -1.08. The maximum atomic E-state index is 12.4. The standard InChI is InChI=1S/C20H21N3O4/c24-18-17(10-11-23(18)13-15-4-2-1-3-5-15)22-20(27)21-12-14-6-8-16(9-7-14)19(25)26/h1-9,17H,10-13H2,(H,25,26)(H2,21,22,27). The van der Waals surface area contributed by atoms with Crippen LogP contribution in [0.1, 0.15) is 27.9 Å². The molecule has 0 saturated carbocycles. The first-order valence-electron chi connectivity index (χ1n) is 8.72. The first-order valence-corrected chi connectivity index (χ1v) is 8.72. The lowest BCUT2D eigenvalue weighted by atomic mass is 10.1. The first kappa shape index (κ1) is 18.4. The zero-order chi connectivity index (χ0) is 19.2. The monoisotopic (exact) mass is 367 g/mol. The van der Waals surface area contributed by atoms with Gasteiger partial charge in [-0.05, 0) is 29.7 Å². The normalized spacial score (nSPS) is 16.2. The summed E-state index contributed by atoms with van der Waals surface area (Å²) in [6.07, 6.45) is 0.576. The number of carboxylic acids is 1. The number of amides is 3. The Hall–Kier alpha value is -3.35. The molecule has 1 aliphatic rings. The number of hydrogen-bond acceptors (Lipinski definition) is 3. The molecule has 3 rings (SSSR count). The largest absolute Gasteiger partial charge is 0.478 e. The summed E-state index contributed by atoms with van der Waals surface area (Å²) in [5.41, 5.74) is 2.03. The van der Waals surface area contributed by atoms with Crippen LogP contribution in [0.3, 0.4) is 0 Å². The van der Waals surface area contributed by atoms with Crippen LogP contribution < -0.4 is 10.6 Å². The fourth-order valence-electron chi connectivity index (χ4n) is 2.99. The van der Waals surface area contributed by atoms with E-state index >= 15 is 0 Å². The third-order valence-electron chi connectivity index (χ3n) is 4.47. The minimum atomic E-state index is -0.993. The maximum absolute atomic E-state index is 12.4. The molecule has 0 aliphatic carbocycles. The second-order valence-corrected chi connectivity index (χ2v) is 6.42. The Morgan fingerprint density at radius 3 is 2.41 bits per heavy atom. The van der Waals surface area contributed by atoms with E-state index in [9.17, 15) is 14.4 Å². The Balaban J connectivity index is 1.46. The predicted octanol–water partition coefficient (Wildman–Crippen LogP) is 1.99. The summed E-state index contributed by atoms with van der Waals surface area (Å²) >= 11 is 0. The van der Waals surface area contributed by atoms with Gasteiger partial charge < -0.3 is 20.6 Å². The smallest absolute Gasteiger partial charge is 0.335 e. The SMILES string of the molecule is O=C(NCc1ccc(C(=O)O)cc1)NC1CCN(Cc2ccccc2)C1=O. The molecule has 7 nitrogen and oxygen atoms in total. The van der Waals surface area contributed by atoms with Crippen LogP contribution in [-0.4, -0.2) is 40.5 Å². The Morgan fingerprint density at radius 1 is 1.04 bits per heavy atom. The van der Waals surface area contributed by atoms with Crippen molar-refractivity contribution >= 4 is 17.9 Å². The van der Waals surface area contributed by atoms with E-state index in [1.807, 2.05) is 30.3 Å². The Labute approximate surface area is 157 Å². The molecule has 1 atom stereocenters. The van der Waals surface area contributed by atoms with Crippen molar-refractivity contribution < 1.29 is 19.5 Å². The van der Waals surface area contributed by atoms with E-state index in [1.165, 1.54) is 12.1 Å². The third-order valence-corrected chi connectivity index (χ3v) is 4.47. The molecule has 1 fully saturated rings. The zero-order valence-corrected chi connectivity index (χ0v) is 14.7. The minimum absolute atomic E-state index is 0.0835. The van der Waals surface area contributed by atoms with Gasteiger partial charge in [-0.3, -0.25) is 4.79 Å². The molecule has 3 amide bonds. The Bertz CT molecular complexity index is 821. The summed E-state index contributed by atoms with van der Waals surface area (Å²) in [4.78, 5) is 37.1. The van der Waals surface area contributed by atoms with E-state index in [1.54, 1.807) is 17.0 Å². The van der Waals surface area contributed by atoms with Gasteiger partial charge in [0, 0.05) is 19.6 Å². The lowest BCUT2D eigenvalue weighted by molar-refractivity contribution is -0.129. The summed E-state index contributed by atoms with van der Waals surface area (Å²) in [6.45, 7) is 1.39. The Kier molecular flexibility index (Phi) is 5.71. The lowest BCUT2D eigenvalue weighted by Crippen LogP contribution is -2.45. The average molecular weight is 367 g/mol. The van der Waals surface area contributed by atoms with Crippen molar-refractivity contribution in [2.24, 2.45) is 0 Å². The van der Waals surface area contributed by atoms with Crippen LogP contribution in [0.4, 0.5) is 4.79 Å². The van der Waals surface area contributed by atoms with E-state index in [4.69, 9.17) is 5.11 Å². The van der Waals surface area contributed by atoms with Gasteiger partial charge in [-0.15, -0.1) is 0 Å². The molecule has 0 bridgehead atoms. The lowest BCUT2D eigenvalue weighted by Gasteiger charge is -2.17.